The van der Waals surface area contributed by atoms with Crippen molar-refractivity contribution >= 4 is 0 Å². The van der Waals surface area contributed by atoms with Gasteiger partial charge in [-0.25, -0.2) is 0 Å². The second-order valence-corrected chi connectivity index (χ2v) is 5.23. The lowest BCUT2D eigenvalue weighted by Gasteiger charge is -2.15. The first-order chi connectivity index (χ1) is 9.79. The van der Waals surface area contributed by atoms with E-state index in [1.54, 1.807) is 7.11 Å². The molecule has 1 saturated heterocycles. The molecule has 0 bridgehead atoms. The Labute approximate surface area is 121 Å². The summed E-state index contributed by atoms with van der Waals surface area (Å²) < 4.78 is 16.6. The minimum atomic E-state index is 0.255. The summed E-state index contributed by atoms with van der Waals surface area (Å²) in [7, 11) is 1.71. The van der Waals surface area contributed by atoms with Crippen molar-refractivity contribution in [1.82, 2.24) is 5.32 Å². The van der Waals surface area contributed by atoms with Gasteiger partial charge in [0.05, 0.1) is 12.7 Å². The lowest BCUT2D eigenvalue weighted by atomic mass is 10.1. The number of hydrogen-bond donors (Lipinski definition) is 1. The zero-order valence-electron chi connectivity index (χ0n) is 12.5. The molecule has 1 heterocycles. The zero-order chi connectivity index (χ0) is 14.2. The van der Waals surface area contributed by atoms with E-state index in [-0.39, 0.29) is 6.10 Å². The number of rotatable bonds is 8. The van der Waals surface area contributed by atoms with Crippen molar-refractivity contribution < 1.29 is 14.2 Å². The fraction of sp³-hybridized carbons (Fsp3) is 0.625. The first-order valence-electron chi connectivity index (χ1n) is 7.33. The second-order valence-electron chi connectivity index (χ2n) is 5.23. The molecule has 0 spiro atoms. The van der Waals surface area contributed by atoms with Gasteiger partial charge in [-0.3, -0.25) is 0 Å². The van der Waals surface area contributed by atoms with Crippen LogP contribution in [0.1, 0.15) is 24.0 Å². The van der Waals surface area contributed by atoms with Crippen molar-refractivity contribution in [3.63, 3.8) is 0 Å². The quantitative estimate of drug-likeness (QED) is 0.741. The van der Waals surface area contributed by atoms with E-state index in [9.17, 15) is 0 Å². The smallest absolute Gasteiger partial charge is 0.123 e. The average Bonchev–Trinajstić information content (AvgIpc) is 2.96. The molecule has 112 valence electrons. The van der Waals surface area contributed by atoms with Crippen LogP contribution in [-0.4, -0.2) is 39.6 Å². The molecule has 0 aliphatic carbocycles. The number of nitrogens with one attached hydrogen (secondary N) is 1. The van der Waals surface area contributed by atoms with E-state index < -0.39 is 0 Å². The van der Waals surface area contributed by atoms with Crippen molar-refractivity contribution in [1.29, 1.82) is 0 Å². The molecule has 4 nitrogen and oxygen atoms in total. The van der Waals surface area contributed by atoms with E-state index in [0.29, 0.717) is 6.61 Å². The minimum absolute atomic E-state index is 0.255. The molecule has 1 aliphatic heterocycles. The molecule has 1 aromatic rings. The van der Waals surface area contributed by atoms with Crippen molar-refractivity contribution in [2.24, 2.45) is 0 Å². The maximum absolute atomic E-state index is 5.94. The van der Waals surface area contributed by atoms with Crippen LogP contribution >= 0.6 is 0 Å². The van der Waals surface area contributed by atoms with Gasteiger partial charge in [-0.1, -0.05) is 17.7 Å². The monoisotopic (exact) mass is 279 g/mol. The highest BCUT2D eigenvalue weighted by Gasteiger charge is 2.16. The summed E-state index contributed by atoms with van der Waals surface area (Å²) in [4.78, 5) is 0. The Morgan fingerprint density at radius 2 is 2.30 bits per heavy atom. The maximum atomic E-state index is 5.94. The van der Waals surface area contributed by atoms with Gasteiger partial charge in [0.15, 0.2) is 0 Å². The van der Waals surface area contributed by atoms with E-state index in [0.717, 1.165) is 44.9 Å². The molecule has 1 aliphatic rings. The summed E-state index contributed by atoms with van der Waals surface area (Å²) in [6, 6.07) is 6.31. The summed E-state index contributed by atoms with van der Waals surface area (Å²) in [5, 5.41) is 3.36. The first-order valence-corrected chi connectivity index (χ1v) is 7.33. The molecule has 1 aromatic carbocycles. The van der Waals surface area contributed by atoms with Crippen LogP contribution in [0, 0.1) is 6.92 Å². The fourth-order valence-corrected chi connectivity index (χ4v) is 2.34. The Kier molecular flexibility index (Phi) is 6.30. The zero-order valence-corrected chi connectivity index (χ0v) is 12.5. The summed E-state index contributed by atoms with van der Waals surface area (Å²) in [5.74, 6) is 0.955. The molecule has 0 amide bonds. The van der Waals surface area contributed by atoms with Crippen LogP contribution in [0.4, 0.5) is 0 Å². The molecular weight excluding hydrogens is 254 g/mol. The van der Waals surface area contributed by atoms with Gasteiger partial charge >= 0.3 is 0 Å². The molecule has 0 aromatic heterocycles. The van der Waals surface area contributed by atoms with Gasteiger partial charge in [-0.2, -0.15) is 0 Å². The largest absolute Gasteiger partial charge is 0.491 e. The van der Waals surface area contributed by atoms with E-state index in [1.165, 1.54) is 11.1 Å². The van der Waals surface area contributed by atoms with Gasteiger partial charge in [0.2, 0.25) is 0 Å². The Balaban J connectivity index is 1.88. The summed E-state index contributed by atoms with van der Waals surface area (Å²) >= 11 is 0. The summed E-state index contributed by atoms with van der Waals surface area (Å²) in [6.07, 6.45) is 2.51. The van der Waals surface area contributed by atoms with Gasteiger partial charge in [-0.15, -0.1) is 0 Å². The van der Waals surface area contributed by atoms with Gasteiger partial charge in [0.25, 0.3) is 0 Å². The Bertz CT molecular complexity index is 403. The minimum Gasteiger partial charge on any atom is -0.491 e. The van der Waals surface area contributed by atoms with E-state index in [4.69, 9.17) is 14.2 Å². The predicted molar refractivity (Wildman–Crippen MR) is 79.2 cm³/mol. The molecule has 1 unspecified atom stereocenters. The summed E-state index contributed by atoms with van der Waals surface area (Å²) in [5.41, 5.74) is 2.44. The molecule has 1 N–H and O–H groups in total. The van der Waals surface area contributed by atoms with Crippen LogP contribution in [0.3, 0.4) is 0 Å². The molecular formula is C16H25NO3. The Morgan fingerprint density at radius 3 is 3.05 bits per heavy atom. The van der Waals surface area contributed by atoms with Crippen molar-refractivity contribution in [3.05, 3.63) is 29.3 Å². The van der Waals surface area contributed by atoms with Crippen LogP contribution < -0.4 is 10.1 Å². The van der Waals surface area contributed by atoms with Gasteiger partial charge in [-0.05, 0) is 25.8 Å². The number of hydrogen-bond acceptors (Lipinski definition) is 4. The molecule has 0 saturated carbocycles. The van der Waals surface area contributed by atoms with Gasteiger partial charge in [0.1, 0.15) is 12.4 Å². The van der Waals surface area contributed by atoms with Crippen molar-refractivity contribution in [2.45, 2.75) is 32.4 Å². The standard InChI is InChI=1S/C16H25NO3/c1-13-5-6-16(20-12-15-4-3-8-19-15)14(10-13)11-17-7-9-18-2/h5-6,10,15,17H,3-4,7-9,11-12H2,1-2H3. The first kappa shape index (κ1) is 15.3. The molecule has 1 fully saturated rings. The molecule has 2 rings (SSSR count). The lowest BCUT2D eigenvalue weighted by Crippen LogP contribution is -2.20. The van der Waals surface area contributed by atoms with Crippen LogP contribution in [0.25, 0.3) is 0 Å². The maximum Gasteiger partial charge on any atom is 0.123 e. The Hall–Kier alpha value is -1.10. The molecule has 4 heteroatoms. The number of aryl methyl sites for hydroxylation is 1. The highest BCUT2D eigenvalue weighted by molar-refractivity contribution is 5.36. The number of benzene rings is 1. The van der Waals surface area contributed by atoms with E-state index in [1.807, 2.05) is 0 Å². The lowest BCUT2D eigenvalue weighted by molar-refractivity contribution is 0.0676. The molecule has 1 atom stereocenters. The van der Waals surface area contributed by atoms with Gasteiger partial charge < -0.3 is 19.5 Å². The Morgan fingerprint density at radius 1 is 1.40 bits per heavy atom. The van der Waals surface area contributed by atoms with E-state index in [2.05, 4.69) is 30.4 Å². The number of ether oxygens (including phenoxy) is 3. The van der Waals surface area contributed by atoms with Gasteiger partial charge in [0, 0.05) is 32.4 Å². The summed E-state index contributed by atoms with van der Waals surface area (Å²) in [6.45, 7) is 5.98. The number of methoxy groups -OCH3 is 1. The van der Waals surface area contributed by atoms with E-state index >= 15 is 0 Å². The van der Waals surface area contributed by atoms with Crippen LogP contribution in [0.15, 0.2) is 18.2 Å². The highest BCUT2D eigenvalue weighted by atomic mass is 16.5. The van der Waals surface area contributed by atoms with Crippen molar-refractivity contribution in [2.75, 3.05) is 33.5 Å². The fourth-order valence-electron chi connectivity index (χ4n) is 2.34. The molecule has 0 radical (unpaired) electrons. The van der Waals surface area contributed by atoms with Crippen LogP contribution in [-0.2, 0) is 16.0 Å². The third-order valence-electron chi connectivity index (χ3n) is 3.46. The average molecular weight is 279 g/mol. The van der Waals surface area contributed by atoms with Crippen LogP contribution in [0.5, 0.6) is 5.75 Å². The third kappa shape index (κ3) is 4.78. The van der Waals surface area contributed by atoms with Crippen LogP contribution in [0.2, 0.25) is 0 Å². The second kappa shape index (κ2) is 8.25. The topological polar surface area (TPSA) is 39.7 Å². The third-order valence-corrected chi connectivity index (χ3v) is 3.46. The predicted octanol–water partition coefficient (Wildman–Crippen LogP) is 2.29. The SMILES string of the molecule is COCCNCc1cc(C)ccc1OCC1CCCO1. The normalized spacial score (nSPS) is 18.4. The highest BCUT2D eigenvalue weighted by Crippen LogP contribution is 2.21. The molecule has 20 heavy (non-hydrogen) atoms. The van der Waals surface area contributed by atoms with Crippen molar-refractivity contribution in [3.8, 4) is 5.75 Å².